The Balaban J connectivity index is 2.15. The van der Waals surface area contributed by atoms with E-state index in [-0.39, 0.29) is 5.60 Å². The summed E-state index contributed by atoms with van der Waals surface area (Å²) in [5, 5.41) is 7.23. The summed E-state index contributed by atoms with van der Waals surface area (Å²) in [4.78, 5) is 0. The van der Waals surface area contributed by atoms with Crippen LogP contribution in [0.1, 0.15) is 44.4 Å². The zero-order chi connectivity index (χ0) is 12.5. The number of ether oxygens (including phenoxy) is 1. The van der Waals surface area contributed by atoms with Gasteiger partial charge in [-0.3, -0.25) is 5.10 Å². The van der Waals surface area contributed by atoms with Crippen molar-refractivity contribution < 1.29 is 4.74 Å². The second-order valence-electron chi connectivity index (χ2n) is 5.58. The number of H-pyrrole nitrogens is 1. The van der Waals surface area contributed by atoms with Gasteiger partial charge in [-0.1, -0.05) is 13.8 Å². The molecular formula is C13H23N3O. The van der Waals surface area contributed by atoms with E-state index in [1.165, 1.54) is 12.0 Å². The molecule has 4 heteroatoms. The number of methoxy groups -OCH3 is 1. The van der Waals surface area contributed by atoms with E-state index in [1.807, 2.05) is 0 Å². The lowest BCUT2D eigenvalue weighted by atomic mass is 9.76. The van der Waals surface area contributed by atoms with Gasteiger partial charge in [0, 0.05) is 24.8 Å². The van der Waals surface area contributed by atoms with Gasteiger partial charge in [-0.2, -0.15) is 5.10 Å². The molecule has 0 saturated heterocycles. The van der Waals surface area contributed by atoms with Crippen molar-refractivity contribution in [3.63, 3.8) is 0 Å². The minimum atomic E-state index is 0.0324. The van der Waals surface area contributed by atoms with Crippen molar-refractivity contribution in [1.29, 1.82) is 0 Å². The molecule has 1 aromatic rings. The quantitative estimate of drug-likeness (QED) is 0.826. The molecule has 0 aliphatic heterocycles. The Hall–Kier alpha value is -1.03. The average Bonchev–Trinajstić information content (AvgIpc) is 2.54. The molecule has 0 amide bonds. The number of nitrogens with two attached hydrogens (primary N) is 1. The Morgan fingerprint density at radius 3 is 2.65 bits per heavy atom. The highest BCUT2D eigenvalue weighted by Gasteiger charge is 2.38. The zero-order valence-corrected chi connectivity index (χ0v) is 11.0. The summed E-state index contributed by atoms with van der Waals surface area (Å²) in [5.74, 6) is 1.24. The molecule has 1 heterocycles. The third kappa shape index (κ3) is 2.46. The molecule has 17 heavy (non-hydrogen) atoms. The molecule has 0 aromatic carbocycles. The maximum atomic E-state index is 5.93. The summed E-state index contributed by atoms with van der Waals surface area (Å²) in [7, 11) is 1.81. The fourth-order valence-corrected chi connectivity index (χ4v) is 2.55. The third-order valence-corrected chi connectivity index (χ3v) is 3.79. The van der Waals surface area contributed by atoms with Gasteiger partial charge in [0.05, 0.1) is 5.60 Å². The summed E-state index contributed by atoms with van der Waals surface area (Å²) in [6.45, 7) is 4.40. The Kier molecular flexibility index (Phi) is 3.43. The van der Waals surface area contributed by atoms with E-state index in [0.29, 0.717) is 11.7 Å². The number of hydrogen-bond donors (Lipinski definition) is 2. The van der Waals surface area contributed by atoms with Gasteiger partial charge in [-0.15, -0.1) is 0 Å². The Morgan fingerprint density at radius 1 is 1.47 bits per heavy atom. The monoisotopic (exact) mass is 237 g/mol. The standard InChI is InChI=1S/C13H23N3O/c1-9(2)7-10-11(15-16-12(10)14)8-13(17-3)5-4-6-13/h9H,4-8H2,1-3H3,(H3,14,15,16). The molecule has 0 spiro atoms. The van der Waals surface area contributed by atoms with Gasteiger partial charge in [0.25, 0.3) is 0 Å². The summed E-state index contributed by atoms with van der Waals surface area (Å²) < 4.78 is 5.66. The van der Waals surface area contributed by atoms with E-state index in [1.54, 1.807) is 7.11 Å². The Morgan fingerprint density at radius 2 is 2.18 bits per heavy atom. The molecule has 1 aliphatic carbocycles. The molecule has 1 aromatic heterocycles. The van der Waals surface area contributed by atoms with Gasteiger partial charge in [0.1, 0.15) is 5.82 Å². The molecule has 3 N–H and O–H groups in total. The highest BCUT2D eigenvalue weighted by Crippen LogP contribution is 2.38. The lowest BCUT2D eigenvalue weighted by Gasteiger charge is -2.40. The summed E-state index contributed by atoms with van der Waals surface area (Å²) in [5.41, 5.74) is 8.31. The van der Waals surface area contributed by atoms with Crippen molar-refractivity contribution in [3.8, 4) is 0 Å². The second kappa shape index (κ2) is 4.69. The summed E-state index contributed by atoms with van der Waals surface area (Å²) in [6, 6.07) is 0. The molecule has 1 fully saturated rings. The first kappa shape index (κ1) is 12.4. The van der Waals surface area contributed by atoms with Crippen LogP contribution in [0.5, 0.6) is 0 Å². The fourth-order valence-electron chi connectivity index (χ4n) is 2.55. The van der Waals surface area contributed by atoms with Crippen LogP contribution in [-0.4, -0.2) is 22.9 Å². The number of hydrogen-bond acceptors (Lipinski definition) is 3. The van der Waals surface area contributed by atoms with Crippen LogP contribution >= 0.6 is 0 Å². The number of nitrogens with zero attached hydrogens (tertiary/aromatic N) is 1. The van der Waals surface area contributed by atoms with Crippen molar-refractivity contribution in [2.45, 2.75) is 51.6 Å². The van der Waals surface area contributed by atoms with Gasteiger partial charge in [-0.25, -0.2) is 0 Å². The lowest BCUT2D eigenvalue weighted by Crippen LogP contribution is -2.41. The maximum Gasteiger partial charge on any atom is 0.148 e. The van der Waals surface area contributed by atoms with Crippen molar-refractivity contribution >= 4 is 5.82 Å². The number of nitrogens with one attached hydrogen (secondary N) is 1. The molecule has 0 bridgehead atoms. The van der Waals surface area contributed by atoms with E-state index in [9.17, 15) is 0 Å². The fraction of sp³-hybridized carbons (Fsp3) is 0.769. The van der Waals surface area contributed by atoms with Crippen LogP contribution in [-0.2, 0) is 17.6 Å². The number of nitrogen functional groups attached to an aromatic ring is 1. The van der Waals surface area contributed by atoms with Gasteiger partial charge in [0.2, 0.25) is 0 Å². The highest BCUT2D eigenvalue weighted by molar-refractivity contribution is 5.43. The number of aromatic amines is 1. The lowest BCUT2D eigenvalue weighted by molar-refractivity contribution is -0.0715. The Bertz CT molecular complexity index is 375. The minimum Gasteiger partial charge on any atom is -0.382 e. The van der Waals surface area contributed by atoms with Gasteiger partial charge < -0.3 is 10.5 Å². The van der Waals surface area contributed by atoms with Gasteiger partial charge in [-0.05, 0) is 31.6 Å². The molecule has 0 unspecified atom stereocenters. The predicted octanol–water partition coefficient (Wildman–Crippen LogP) is 2.30. The first-order chi connectivity index (χ1) is 8.06. The zero-order valence-electron chi connectivity index (χ0n) is 11.0. The topological polar surface area (TPSA) is 63.9 Å². The average molecular weight is 237 g/mol. The molecule has 0 radical (unpaired) electrons. The number of anilines is 1. The first-order valence-corrected chi connectivity index (χ1v) is 6.43. The van der Waals surface area contributed by atoms with Crippen LogP contribution in [0, 0.1) is 5.92 Å². The van der Waals surface area contributed by atoms with Crippen LogP contribution in [0.15, 0.2) is 0 Å². The van der Waals surface area contributed by atoms with Crippen LogP contribution in [0.4, 0.5) is 5.82 Å². The minimum absolute atomic E-state index is 0.0324. The van der Waals surface area contributed by atoms with E-state index < -0.39 is 0 Å². The van der Waals surface area contributed by atoms with Crippen molar-refractivity contribution in [1.82, 2.24) is 10.2 Å². The van der Waals surface area contributed by atoms with Crippen LogP contribution in [0.2, 0.25) is 0 Å². The normalized spacial score (nSPS) is 18.4. The van der Waals surface area contributed by atoms with Crippen LogP contribution < -0.4 is 5.73 Å². The molecule has 0 atom stereocenters. The van der Waals surface area contributed by atoms with E-state index in [2.05, 4.69) is 24.0 Å². The smallest absolute Gasteiger partial charge is 0.148 e. The van der Waals surface area contributed by atoms with E-state index in [4.69, 9.17) is 10.5 Å². The number of aromatic nitrogens is 2. The second-order valence-corrected chi connectivity index (χ2v) is 5.58. The van der Waals surface area contributed by atoms with Crippen molar-refractivity contribution in [2.75, 3.05) is 12.8 Å². The summed E-state index contributed by atoms with van der Waals surface area (Å²) >= 11 is 0. The van der Waals surface area contributed by atoms with Crippen molar-refractivity contribution in [2.24, 2.45) is 5.92 Å². The van der Waals surface area contributed by atoms with E-state index in [0.717, 1.165) is 31.4 Å². The molecule has 96 valence electrons. The van der Waals surface area contributed by atoms with Gasteiger partial charge in [0.15, 0.2) is 0 Å². The van der Waals surface area contributed by atoms with E-state index >= 15 is 0 Å². The predicted molar refractivity (Wildman–Crippen MR) is 68.8 cm³/mol. The molecule has 1 aliphatic rings. The SMILES string of the molecule is COC1(Cc2[nH]nc(N)c2CC(C)C)CCC1. The third-order valence-electron chi connectivity index (χ3n) is 3.79. The largest absolute Gasteiger partial charge is 0.382 e. The Labute approximate surface area is 103 Å². The van der Waals surface area contributed by atoms with Crippen LogP contribution in [0.25, 0.3) is 0 Å². The summed E-state index contributed by atoms with van der Waals surface area (Å²) in [6.07, 6.45) is 5.44. The molecule has 2 rings (SSSR count). The highest BCUT2D eigenvalue weighted by atomic mass is 16.5. The van der Waals surface area contributed by atoms with Crippen molar-refractivity contribution in [3.05, 3.63) is 11.3 Å². The molecule has 1 saturated carbocycles. The molecular weight excluding hydrogens is 214 g/mol. The number of rotatable bonds is 5. The first-order valence-electron chi connectivity index (χ1n) is 6.43. The molecule has 4 nitrogen and oxygen atoms in total. The maximum absolute atomic E-state index is 5.93. The van der Waals surface area contributed by atoms with Gasteiger partial charge >= 0.3 is 0 Å². The van der Waals surface area contributed by atoms with Crippen LogP contribution in [0.3, 0.4) is 0 Å².